The molecule has 2 rings (SSSR count). The van der Waals surface area contributed by atoms with Gasteiger partial charge in [-0.2, -0.15) is 0 Å². The minimum Gasteiger partial charge on any atom is -0.480 e. The van der Waals surface area contributed by atoms with Crippen molar-refractivity contribution >= 4 is 17.8 Å². The summed E-state index contributed by atoms with van der Waals surface area (Å²) in [6.07, 6.45) is 0.933. The molecule has 0 bridgehead atoms. The Morgan fingerprint density at radius 3 is 2.22 bits per heavy atom. The van der Waals surface area contributed by atoms with Crippen molar-refractivity contribution in [2.24, 2.45) is 5.92 Å². The first-order valence-corrected chi connectivity index (χ1v) is 7.65. The van der Waals surface area contributed by atoms with Gasteiger partial charge in [-0.1, -0.05) is 26.0 Å². The maximum Gasteiger partial charge on any atom is 0.329 e. The highest BCUT2D eigenvalue weighted by molar-refractivity contribution is 5.98. The number of nitrogens with zero attached hydrogens (tertiary/aromatic N) is 1. The normalized spacial score (nSPS) is 15.1. The Labute approximate surface area is 135 Å². The molecule has 0 heterocycles. The van der Waals surface area contributed by atoms with E-state index in [4.69, 9.17) is 5.11 Å². The molecule has 1 aromatic carbocycles. The summed E-state index contributed by atoms with van der Waals surface area (Å²) in [5.41, 5.74) is 0.246. The van der Waals surface area contributed by atoms with Crippen LogP contribution in [0.25, 0.3) is 0 Å². The molecule has 2 N–H and O–H groups in total. The van der Waals surface area contributed by atoms with Gasteiger partial charge in [0.2, 0.25) is 5.91 Å². The average molecular weight is 318 g/mol. The quantitative estimate of drug-likeness (QED) is 0.835. The fourth-order valence-corrected chi connectivity index (χ4v) is 2.36. The molecule has 0 unspecified atom stereocenters. The molecule has 0 atom stereocenters. The van der Waals surface area contributed by atoms with Gasteiger partial charge in [-0.15, -0.1) is 0 Å². The molecule has 0 aliphatic heterocycles. The highest BCUT2D eigenvalue weighted by atomic mass is 16.4. The molecule has 2 amide bonds. The van der Waals surface area contributed by atoms with E-state index in [-0.39, 0.29) is 17.7 Å². The van der Waals surface area contributed by atoms with Gasteiger partial charge in [-0.05, 0) is 30.5 Å². The summed E-state index contributed by atoms with van der Waals surface area (Å²) in [7, 11) is 1.74. The molecular weight excluding hydrogens is 296 g/mol. The zero-order valence-corrected chi connectivity index (χ0v) is 13.6. The Hall–Kier alpha value is -2.37. The topological polar surface area (TPSA) is 86.7 Å². The Morgan fingerprint density at radius 1 is 1.22 bits per heavy atom. The van der Waals surface area contributed by atoms with Gasteiger partial charge in [0, 0.05) is 25.1 Å². The monoisotopic (exact) mass is 318 g/mol. The predicted octanol–water partition coefficient (Wildman–Crippen LogP) is 1.65. The molecule has 23 heavy (non-hydrogen) atoms. The first kappa shape index (κ1) is 17.0. The fraction of sp³-hybridized carbons (Fsp3) is 0.471. The number of hydrogen-bond acceptors (Lipinski definition) is 3. The summed E-state index contributed by atoms with van der Waals surface area (Å²) in [4.78, 5) is 36.7. The molecular formula is C17H22N2O4. The van der Waals surface area contributed by atoms with Crippen LogP contribution in [-0.4, -0.2) is 40.4 Å². The lowest BCUT2D eigenvalue weighted by Crippen LogP contribution is -2.43. The molecule has 1 aliphatic carbocycles. The third-order valence-corrected chi connectivity index (χ3v) is 4.02. The van der Waals surface area contributed by atoms with Crippen molar-refractivity contribution in [3.63, 3.8) is 0 Å². The lowest BCUT2D eigenvalue weighted by molar-refractivity contribution is -0.140. The molecule has 0 spiro atoms. The molecule has 0 saturated heterocycles. The van der Waals surface area contributed by atoms with E-state index in [1.54, 1.807) is 36.2 Å². The number of rotatable bonds is 6. The van der Waals surface area contributed by atoms with Crippen LogP contribution < -0.4 is 5.32 Å². The highest BCUT2D eigenvalue weighted by Crippen LogP contribution is 2.35. The van der Waals surface area contributed by atoms with Crippen LogP contribution in [0.5, 0.6) is 0 Å². The molecule has 1 fully saturated rings. The lowest BCUT2D eigenvalue weighted by Gasteiger charge is -2.19. The maximum absolute atomic E-state index is 12.1. The molecule has 1 aromatic rings. The molecule has 1 aliphatic rings. The van der Waals surface area contributed by atoms with E-state index in [0.717, 1.165) is 5.56 Å². The standard InChI is InChI=1S/C17H22N2O4/c1-11(2)15(21)19(3)10-12-4-6-13(7-5-12)14(20)18-17(8-9-17)16(22)23/h4-7,11H,8-10H2,1-3H3,(H,18,20)(H,22,23). The number of nitrogens with one attached hydrogen (secondary N) is 1. The van der Waals surface area contributed by atoms with E-state index in [2.05, 4.69) is 5.32 Å². The van der Waals surface area contributed by atoms with Crippen molar-refractivity contribution in [3.8, 4) is 0 Å². The van der Waals surface area contributed by atoms with Crippen molar-refractivity contribution in [3.05, 3.63) is 35.4 Å². The van der Waals surface area contributed by atoms with E-state index in [1.165, 1.54) is 0 Å². The number of carboxylic acid groups (broad SMARTS) is 1. The van der Waals surface area contributed by atoms with E-state index in [0.29, 0.717) is 24.9 Å². The van der Waals surface area contributed by atoms with Gasteiger partial charge in [-0.25, -0.2) is 4.79 Å². The molecule has 1 saturated carbocycles. The zero-order chi connectivity index (χ0) is 17.2. The van der Waals surface area contributed by atoms with Crippen molar-refractivity contribution in [1.29, 1.82) is 0 Å². The first-order valence-electron chi connectivity index (χ1n) is 7.65. The smallest absolute Gasteiger partial charge is 0.329 e. The number of carbonyl (C=O) groups is 3. The van der Waals surface area contributed by atoms with E-state index in [9.17, 15) is 14.4 Å². The van der Waals surface area contributed by atoms with Crippen molar-refractivity contribution < 1.29 is 19.5 Å². The third kappa shape index (κ3) is 3.88. The van der Waals surface area contributed by atoms with Gasteiger partial charge < -0.3 is 15.3 Å². The van der Waals surface area contributed by atoms with E-state index < -0.39 is 11.5 Å². The number of carboxylic acids is 1. The van der Waals surface area contributed by atoms with Gasteiger partial charge in [0.25, 0.3) is 5.91 Å². The van der Waals surface area contributed by atoms with Crippen LogP contribution in [-0.2, 0) is 16.1 Å². The van der Waals surface area contributed by atoms with E-state index >= 15 is 0 Å². The Kier molecular flexibility index (Phi) is 4.73. The third-order valence-electron chi connectivity index (χ3n) is 4.02. The number of hydrogen-bond donors (Lipinski definition) is 2. The van der Waals surface area contributed by atoms with Gasteiger partial charge >= 0.3 is 5.97 Å². The highest BCUT2D eigenvalue weighted by Gasteiger charge is 2.51. The second kappa shape index (κ2) is 6.40. The summed E-state index contributed by atoms with van der Waals surface area (Å²) in [5, 5.41) is 11.7. The predicted molar refractivity (Wildman–Crippen MR) is 84.8 cm³/mol. The Balaban J connectivity index is 1.98. The van der Waals surface area contributed by atoms with E-state index in [1.807, 2.05) is 13.8 Å². The summed E-state index contributed by atoms with van der Waals surface area (Å²) in [6.45, 7) is 4.17. The molecule has 0 radical (unpaired) electrons. The summed E-state index contributed by atoms with van der Waals surface area (Å²) in [5.74, 6) is -1.38. The summed E-state index contributed by atoms with van der Waals surface area (Å²) in [6, 6.07) is 6.85. The second-order valence-corrected chi connectivity index (χ2v) is 6.39. The lowest BCUT2D eigenvalue weighted by atomic mass is 10.1. The van der Waals surface area contributed by atoms with Crippen molar-refractivity contribution in [2.75, 3.05) is 7.05 Å². The molecule has 6 heteroatoms. The largest absolute Gasteiger partial charge is 0.480 e. The number of carbonyl (C=O) groups excluding carboxylic acids is 2. The summed E-state index contributed by atoms with van der Waals surface area (Å²) < 4.78 is 0. The Morgan fingerprint density at radius 2 is 1.78 bits per heavy atom. The fourth-order valence-electron chi connectivity index (χ4n) is 2.36. The van der Waals surface area contributed by atoms with Crippen molar-refractivity contribution in [2.45, 2.75) is 38.8 Å². The zero-order valence-electron chi connectivity index (χ0n) is 13.6. The van der Waals surface area contributed by atoms with Gasteiger partial charge in [0.1, 0.15) is 5.54 Å². The average Bonchev–Trinajstić information content (AvgIpc) is 3.27. The SMILES string of the molecule is CC(C)C(=O)N(C)Cc1ccc(C(=O)NC2(C(=O)O)CC2)cc1. The van der Waals surface area contributed by atoms with Crippen LogP contribution in [0, 0.1) is 5.92 Å². The van der Waals surface area contributed by atoms with Crippen LogP contribution >= 0.6 is 0 Å². The minimum absolute atomic E-state index is 0.0592. The van der Waals surface area contributed by atoms with Crippen LogP contribution in [0.4, 0.5) is 0 Å². The molecule has 6 nitrogen and oxygen atoms in total. The number of benzene rings is 1. The first-order chi connectivity index (χ1) is 10.7. The molecule has 124 valence electrons. The number of aliphatic carboxylic acids is 1. The van der Waals surface area contributed by atoms with Crippen molar-refractivity contribution in [1.82, 2.24) is 10.2 Å². The van der Waals surface area contributed by atoms with Gasteiger partial charge in [-0.3, -0.25) is 9.59 Å². The maximum atomic E-state index is 12.1. The molecule has 0 aromatic heterocycles. The second-order valence-electron chi connectivity index (χ2n) is 6.39. The van der Waals surface area contributed by atoms with Gasteiger partial charge in [0.15, 0.2) is 0 Å². The Bertz CT molecular complexity index is 618. The van der Waals surface area contributed by atoms with Crippen LogP contribution in [0.3, 0.4) is 0 Å². The number of amides is 2. The summed E-state index contributed by atoms with van der Waals surface area (Å²) >= 11 is 0. The van der Waals surface area contributed by atoms with Crippen LogP contribution in [0.1, 0.15) is 42.6 Å². The van der Waals surface area contributed by atoms with Crippen LogP contribution in [0.15, 0.2) is 24.3 Å². The van der Waals surface area contributed by atoms with Crippen LogP contribution in [0.2, 0.25) is 0 Å². The minimum atomic E-state index is -1.08. The van der Waals surface area contributed by atoms with Gasteiger partial charge in [0.05, 0.1) is 0 Å².